The van der Waals surface area contributed by atoms with Crippen LogP contribution in [0.5, 0.6) is 5.75 Å². The second kappa shape index (κ2) is 6.58. The highest BCUT2D eigenvalue weighted by molar-refractivity contribution is 7.99. The van der Waals surface area contributed by atoms with Gasteiger partial charge in [-0.15, -0.1) is 0 Å². The van der Waals surface area contributed by atoms with Crippen LogP contribution in [0.15, 0.2) is 34.3 Å². The molecule has 0 radical (unpaired) electrons. The number of hydrogen-bond donors (Lipinski definition) is 1. The van der Waals surface area contributed by atoms with Gasteiger partial charge in [-0.05, 0) is 48.5 Å². The van der Waals surface area contributed by atoms with E-state index in [4.69, 9.17) is 16.3 Å². The highest BCUT2D eigenvalue weighted by Gasteiger charge is 2.07. The largest absolute Gasteiger partial charge is 0.497 e. The van der Waals surface area contributed by atoms with Crippen LogP contribution in [0.2, 0.25) is 5.28 Å². The topological polar surface area (TPSA) is 59.9 Å². The monoisotopic (exact) mass is 296 g/mol. The first kappa shape index (κ1) is 13.9. The second-order valence-corrected chi connectivity index (χ2v) is 4.90. The number of anilines is 1. The number of nitrogens with zero attached hydrogens (tertiary/aromatic N) is 3. The average Bonchev–Trinajstić information content (AvgIpc) is 2.38. The van der Waals surface area contributed by atoms with E-state index < -0.39 is 0 Å². The molecular formula is C12H13ClN4OS. The molecule has 0 fully saturated rings. The second-order valence-electron chi connectivity index (χ2n) is 3.52. The summed E-state index contributed by atoms with van der Waals surface area (Å²) in [5.41, 5.74) is 0. The minimum Gasteiger partial charge on any atom is -0.497 e. The first-order valence-corrected chi connectivity index (χ1v) is 6.88. The molecule has 1 N–H and O–H groups in total. The molecule has 2 aromatic rings. The molecule has 0 saturated carbocycles. The van der Waals surface area contributed by atoms with E-state index in [1.807, 2.05) is 31.2 Å². The zero-order valence-electron chi connectivity index (χ0n) is 10.6. The summed E-state index contributed by atoms with van der Waals surface area (Å²) >= 11 is 7.27. The van der Waals surface area contributed by atoms with Gasteiger partial charge in [0.15, 0.2) is 5.16 Å². The number of ether oxygens (including phenoxy) is 1. The van der Waals surface area contributed by atoms with Gasteiger partial charge in [-0.2, -0.15) is 15.0 Å². The van der Waals surface area contributed by atoms with E-state index in [1.165, 1.54) is 11.8 Å². The van der Waals surface area contributed by atoms with Crippen molar-refractivity contribution in [2.24, 2.45) is 0 Å². The molecule has 19 heavy (non-hydrogen) atoms. The Morgan fingerprint density at radius 2 is 2.16 bits per heavy atom. The quantitative estimate of drug-likeness (QED) is 0.915. The van der Waals surface area contributed by atoms with Crippen LogP contribution < -0.4 is 10.1 Å². The fourth-order valence-electron chi connectivity index (χ4n) is 1.38. The minimum absolute atomic E-state index is 0.177. The number of halogens is 1. The first-order valence-electron chi connectivity index (χ1n) is 5.68. The van der Waals surface area contributed by atoms with Crippen LogP contribution in [0.1, 0.15) is 6.92 Å². The summed E-state index contributed by atoms with van der Waals surface area (Å²) in [4.78, 5) is 13.3. The average molecular weight is 297 g/mol. The SMILES string of the molecule is CCNc1nc(Cl)nc(Sc2cccc(OC)c2)n1. The lowest BCUT2D eigenvalue weighted by Crippen LogP contribution is -2.04. The Hall–Kier alpha value is -1.53. The Morgan fingerprint density at radius 1 is 1.32 bits per heavy atom. The molecule has 0 aliphatic carbocycles. The normalized spacial score (nSPS) is 10.3. The van der Waals surface area contributed by atoms with Crippen molar-refractivity contribution in [3.63, 3.8) is 0 Å². The number of hydrogen-bond acceptors (Lipinski definition) is 6. The van der Waals surface area contributed by atoms with E-state index in [9.17, 15) is 0 Å². The number of benzene rings is 1. The number of nitrogens with one attached hydrogen (secondary N) is 1. The zero-order valence-corrected chi connectivity index (χ0v) is 12.1. The van der Waals surface area contributed by atoms with E-state index in [2.05, 4.69) is 20.3 Å². The molecule has 0 atom stereocenters. The van der Waals surface area contributed by atoms with Gasteiger partial charge in [-0.25, -0.2) is 0 Å². The Kier molecular flexibility index (Phi) is 4.81. The standard InChI is InChI=1S/C12H13ClN4OS/c1-3-14-11-15-10(13)16-12(17-11)19-9-6-4-5-8(7-9)18-2/h4-7H,3H2,1-2H3,(H,14,15,16,17). The molecule has 100 valence electrons. The molecule has 0 saturated heterocycles. The van der Waals surface area contributed by atoms with E-state index in [0.29, 0.717) is 11.1 Å². The van der Waals surface area contributed by atoms with Crippen LogP contribution >= 0.6 is 23.4 Å². The smallest absolute Gasteiger partial charge is 0.228 e. The van der Waals surface area contributed by atoms with Gasteiger partial charge in [0.25, 0.3) is 0 Å². The van der Waals surface area contributed by atoms with Crippen molar-refractivity contribution in [3.05, 3.63) is 29.5 Å². The number of methoxy groups -OCH3 is 1. The first-order chi connectivity index (χ1) is 9.21. The maximum atomic E-state index is 5.87. The molecule has 0 spiro atoms. The van der Waals surface area contributed by atoms with Crippen LogP contribution in [-0.2, 0) is 0 Å². The third kappa shape index (κ3) is 3.97. The van der Waals surface area contributed by atoms with Crippen LogP contribution in [0.25, 0.3) is 0 Å². The molecule has 0 amide bonds. The molecule has 0 unspecified atom stereocenters. The molecule has 1 heterocycles. The Bertz CT molecular complexity index is 567. The molecule has 0 bridgehead atoms. The predicted octanol–water partition coefficient (Wildman–Crippen LogP) is 3.12. The zero-order chi connectivity index (χ0) is 13.7. The van der Waals surface area contributed by atoms with Crippen LogP contribution in [-0.4, -0.2) is 28.6 Å². The summed E-state index contributed by atoms with van der Waals surface area (Å²) < 4.78 is 5.17. The molecule has 1 aromatic carbocycles. The van der Waals surface area contributed by atoms with Gasteiger partial charge >= 0.3 is 0 Å². The fourth-order valence-corrected chi connectivity index (χ4v) is 2.39. The summed E-state index contributed by atoms with van der Waals surface area (Å²) in [5.74, 6) is 1.27. The van der Waals surface area contributed by atoms with Crippen molar-refractivity contribution >= 4 is 29.3 Å². The van der Waals surface area contributed by atoms with Crippen molar-refractivity contribution in [1.29, 1.82) is 0 Å². The Balaban J connectivity index is 2.22. The van der Waals surface area contributed by atoms with Crippen LogP contribution in [0.4, 0.5) is 5.95 Å². The summed E-state index contributed by atoms with van der Waals surface area (Å²) in [7, 11) is 1.63. The lowest BCUT2D eigenvalue weighted by Gasteiger charge is -2.05. The lowest BCUT2D eigenvalue weighted by molar-refractivity contribution is 0.413. The van der Waals surface area contributed by atoms with Gasteiger partial charge in [0.2, 0.25) is 11.2 Å². The molecule has 5 nitrogen and oxygen atoms in total. The molecule has 0 aliphatic heterocycles. The Labute approximate surface area is 120 Å². The van der Waals surface area contributed by atoms with Crippen molar-refractivity contribution in [3.8, 4) is 5.75 Å². The third-order valence-electron chi connectivity index (χ3n) is 2.17. The number of rotatable bonds is 5. The van der Waals surface area contributed by atoms with E-state index in [-0.39, 0.29) is 5.28 Å². The van der Waals surface area contributed by atoms with Gasteiger partial charge in [-0.3, -0.25) is 0 Å². The maximum Gasteiger partial charge on any atom is 0.228 e. The number of aromatic nitrogens is 3. The van der Waals surface area contributed by atoms with Crippen molar-refractivity contribution < 1.29 is 4.74 Å². The Morgan fingerprint density at radius 3 is 2.89 bits per heavy atom. The van der Waals surface area contributed by atoms with Crippen molar-refractivity contribution in [1.82, 2.24) is 15.0 Å². The summed E-state index contributed by atoms with van der Waals surface area (Å²) in [6, 6.07) is 7.66. The summed E-state index contributed by atoms with van der Waals surface area (Å²) in [5, 5.41) is 3.74. The molecular weight excluding hydrogens is 284 g/mol. The van der Waals surface area contributed by atoms with Crippen LogP contribution in [0.3, 0.4) is 0 Å². The van der Waals surface area contributed by atoms with Gasteiger partial charge in [0, 0.05) is 11.4 Å². The maximum absolute atomic E-state index is 5.87. The molecule has 0 aliphatic rings. The summed E-state index contributed by atoms with van der Waals surface area (Å²) in [6.07, 6.45) is 0. The molecule has 7 heteroatoms. The van der Waals surface area contributed by atoms with Crippen molar-refractivity contribution in [2.45, 2.75) is 17.0 Å². The molecule has 1 aromatic heterocycles. The van der Waals surface area contributed by atoms with Crippen LogP contribution in [0, 0.1) is 0 Å². The fraction of sp³-hybridized carbons (Fsp3) is 0.250. The van der Waals surface area contributed by atoms with E-state index >= 15 is 0 Å². The van der Waals surface area contributed by atoms with E-state index in [1.54, 1.807) is 7.11 Å². The highest BCUT2D eigenvalue weighted by Crippen LogP contribution is 2.28. The summed E-state index contributed by atoms with van der Waals surface area (Å²) in [6.45, 7) is 2.69. The van der Waals surface area contributed by atoms with Gasteiger partial charge in [0.05, 0.1) is 7.11 Å². The predicted molar refractivity (Wildman–Crippen MR) is 76.1 cm³/mol. The molecule has 2 rings (SSSR count). The minimum atomic E-state index is 0.177. The van der Waals surface area contributed by atoms with Gasteiger partial charge < -0.3 is 10.1 Å². The van der Waals surface area contributed by atoms with Crippen molar-refractivity contribution in [2.75, 3.05) is 19.0 Å². The third-order valence-corrected chi connectivity index (χ3v) is 3.20. The lowest BCUT2D eigenvalue weighted by atomic mass is 10.3. The van der Waals surface area contributed by atoms with Gasteiger partial charge in [-0.1, -0.05) is 6.07 Å². The van der Waals surface area contributed by atoms with E-state index in [0.717, 1.165) is 17.2 Å². The highest BCUT2D eigenvalue weighted by atomic mass is 35.5. The van der Waals surface area contributed by atoms with Gasteiger partial charge in [0.1, 0.15) is 5.75 Å².